The summed E-state index contributed by atoms with van der Waals surface area (Å²) < 4.78 is 5.06. The summed E-state index contributed by atoms with van der Waals surface area (Å²) >= 11 is 0. The Labute approximate surface area is 155 Å². The second kappa shape index (κ2) is 9.94. The van der Waals surface area contributed by atoms with Crippen LogP contribution in [0.15, 0.2) is 30.3 Å². The Kier molecular flexibility index (Phi) is 7.63. The SMILES string of the molecule is CCOC(=O)C1CCCN(C(=O)CCCC(=O)N(C)c2ccccc2)C1. The van der Waals surface area contributed by atoms with Crippen molar-refractivity contribution in [2.24, 2.45) is 5.92 Å². The van der Waals surface area contributed by atoms with Crippen LogP contribution in [0.5, 0.6) is 0 Å². The molecular weight excluding hydrogens is 332 g/mol. The molecule has 0 N–H and O–H groups in total. The highest BCUT2D eigenvalue weighted by molar-refractivity contribution is 5.93. The van der Waals surface area contributed by atoms with E-state index in [2.05, 4.69) is 0 Å². The molecule has 1 unspecified atom stereocenters. The Balaban J connectivity index is 1.76. The van der Waals surface area contributed by atoms with Gasteiger partial charge in [-0.15, -0.1) is 0 Å². The van der Waals surface area contributed by atoms with Crippen molar-refractivity contribution in [2.45, 2.75) is 39.0 Å². The summed E-state index contributed by atoms with van der Waals surface area (Å²) in [4.78, 5) is 39.9. The number of carbonyl (C=O) groups is 3. The largest absolute Gasteiger partial charge is 0.466 e. The molecular formula is C20H28N2O4. The summed E-state index contributed by atoms with van der Waals surface area (Å²) in [5.41, 5.74) is 0.845. The summed E-state index contributed by atoms with van der Waals surface area (Å²) in [6.45, 7) is 3.25. The highest BCUT2D eigenvalue weighted by atomic mass is 16.5. The van der Waals surface area contributed by atoms with Crippen molar-refractivity contribution in [2.75, 3.05) is 31.6 Å². The number of nitrogens with zero attached hydrogens (tertiary/aromatic N) is 2. The van der Waals surface area contributed by atoms with Gasteiger partial charge in [0.2, 0.25) is 11.8 Å². The normalized spacial score (nSPS) is 16.8. The van der Waals surface area contributed by atoms with E-state index in [-0.39, 0.29) is 23.7 Å². The smallest absolute Gasteiger partial charge is 0.310 e. The lowest BCUT2D eigenvalue weighted by Gasteiger charge is -2.31. The number of ether oxygens (including phenoxy) is 1. The first-order valence-electron chi connectivity index (χ1n) is 9.29. The zero-order valence-corrected chi connectivity index (χ0v) is 15.6. The second-order valence-electron chi connectivity index (χ2n) is 6.57. The predicted molar refractivity (Wildman–Crippen MR) is 99.6 cm³/mol. The Bertz CT molecular complexity index is 617. The second-order valence-corrected chi connectivity index (χ2v) is 6.57. The molecule has 1 fully saturated rings. The number of para-hydroxylation sites is 1. The molecule has 2 amide bonds. The van der Waals surface area contributed by atoms with Crippen LogP contribution in [0.1, 0.15) is 39.0 Å². The zero-order valence-electron chi connectivity index (χ0n) is 15.6. The quantitative estimate of drug-likeness (QED) is 0.701. The first kappa shape index (κ1) is 19.9. The summed E-state index contributed by atoms with van der Waals surface area (Å²) in [5, 5.41) is 0. The van der Waals surface area contributed by atoms with Crippen LogP contribution in [-0.2, 0) is 19.1 Å². The predicted octanol–water partition coefficient (Wildman–Crippen LogP) is 2.62. The molecule has 1 atom stereocenters. The van der Waals surface area contributed by atoms with E-state index >= 15 is 0 Å². The maximum atomic E-state index is 12.4. The first-order chi connectivity index (χ1) is 12.5. The Hall–Kier alpha value is -2.37. The standard InChI is InChI=1S/C20H28N2O4/c1-3-26-20(25)16-9-8-14-22(15-16)19(24)13-7-12-18(23)21(2)17-10-5-4-6-11-17/h4-6,10-11,16H,3,7-9,12-15H2,1-2H3. The summed E-state index contributed by atoms with van der Waals surface area (Å²) in [5.74, 6) is -0.440. The van der Waals surface area contributed by atoms with E-state index < -0.39 is 0 Å². The van der Waals surface area contributed by atoms with Crippen LogP contribution in [0.2, 0.25) is 0 Å². The molecule has 0 spiro atoms. The van der Waals surface area contributed by atoms with E-state index in [1.54, 1.807) is 23.8 Å². The lowest BCUT2D eigenvalue weighted by molar-refractivity contribution is -0.151. The fraction of sp³-hybridized carbons (Fsp3) is 0.550. The van der Waals surface area contributed by atoms with Gasteiger partial charge in [0.1, 0.15) is 0 Å². The molecule has 1 aromatic carbocycles. The van der Waals surface area contributed by atoms with Gasteiger partial charge in [-0.05, 0) is 38.3 Å². The molecule has 0 radical (unpaired) electrons. The zero-order chi connectivity index (χ0) is 18.9. The molecule has 2 rings (SSSR count). The fourth-order valence-electron chi connectivity index (χ4n) is 3.17. The van der Waals surface area contributed by atoms with E-state index in [0.717, 1.165) is 18.5 Å². The van der Waals surface area contributed by atoms with Gasteiger partial charge in [-0.2, -0.15) is 0 Å². The third-order valence-corrected chi connectivity index (χ3v) is 4.69. The molecule has 0 bridgehead atoms. The number of benzene rings is 1. The molecule has 6 heteroatoms. The molecule has 26 heavy (non-hydrogen) atoms. The third-order valence-electron chi connectivity index (χ3n) is 4.69. The molecule has 1 saturated heterocycles. The number of carbonyl (C=O) groups excluding carboxylic acids is 3. The lowest BCUT2D eigenvalue weighted by Crippen LogP contribution is -2.42. The first-order valence-corrected chi connectivity index (χ1v) is 9.29. The highest BCUT2D eigenvalue weighted by Crippen LogP contribution is 2.19. The van der Waals surface area contributed by atoms with Crippen molar-refractivity contribution >= 4 is 23.5 Å². The Morgan fingerprint density at radius 3 is 2.62 bits per heavy atom. The van der Waals surface area contributed by atoms with Crippen molar-refractivity contribution in [1.82, 2.24) is 4.90 Å². The van der Waals surface area contributed by atoms with Crippen LogP contribution in [0.4, 0.5) is 5.69 Å². The van der Waals surface area contributed by atoms with Crippen molar-refractivity contribution in [3.63, 3.8) is 0 Å². The van der Waals surface area contributed by atoms with E-state index in [4.69, 9.17) is 4.74 Å². The molecule has 142 valence electrons. The minimum atomic E-state index is -0.224. The number of esters is 1. The minimum Gasteiger partial charge on any atom is -0.466 e. The molecule has 1 heterocycles. The van der Waals surface area contributed by atoms with Crippen LogP contribution in [0.3, 0.4) is 0 Å². The number of likely N-dealkylation sites (tertiary alicyclic amines) is 1. The fourth-order valence-corrected chi connectivity index (χ4v) is 3.17. The van der Waals surface area contributed by atoms with Crippen molar-refractivity contribution in [3.8, 4) is 0 Å². The van der Waals surface area contributed by atoms with Gasteiger partial charge in [0.05, 0.1) is 12.5 Å². The van der Waals surface area contributed by atoms with E-state index in [1.165, 1.54) is 0 Å². The van der Waals surface area contributed by atoms with Crippen LogP contribution in [-0.4, -0.2) is 49.4 Å². The number of anilines is 1. The van der Waals surface area contributed by atoms with Gasteiger partial charge in [0.25, 0.3) is 0 Å². The van der Waals surface area contributed by atoms with Crippen LogP contribution < -0.4 is 4.90 Å². The Morgan fingerprint density at radius 1 is 1.19 bits per heavy atom. The molecule has 1 aliphatic heterocycles. The monoisotopic (exact) mass is 360 g/mol. The number of rotatable bonds is 7. The summed E-state index contributed by atoms with van der Waals surface area (Å²) in [6, 6.07) is 9.44. The van der Waals surface area contributed by atoms with Crippen LogP contribution in [0, 0.1) is 5.92 Å². The highest BCUT2D eigenvalue weighted by Gasteiger charge is 2.29. The average Bonchev–Trinajstić information content (AvgIpc) is 2.68. The molecule has 0 saturated carbocycles. The van der Waals surface area contributed by atoms with Crippen LogP contribution >= 0.6 is 0 Å². The number of amides is 2. The maximum Gasteiger partial charge on any atom is 0.310 e. The lowest BCUT2D eigenvalue weighted by atomic mass is 9.97. The third kappa shape index (κ3) is 5.58. The average molecular weight is 360 g/mol. The van der Waals surface area contributed by atoms with Gasteiger partial charge in [-0.1, -0.05) is 18.2 Å². The van der Waals surface area contributed by atoms with E-state index in [1.807, 2.05) is 30.3 Å². The molecule has 1 aromatic rings. The maximum absolute atomic E-state index is 12.4. The van der Waals surface area contributed by atoms with E-state index in [0.29, 0.717) is 39.0 Å². The number of hydrogen-bond donors (Lipinski definition) is 0. The topological polar surface area (TPSA) is 66.9 Å². The number of piperidine rings is 1. The van der Waals surface area contributed by atoms with Gasteiger partial charge >= 0.3 is 5.97 Å². The van der Waals surface area contributed by atoms with Gasteiger partial charge < -0.3 is 14.5 Å². The van der Waals surface area contributed by atoms with Gasteiger partial charge in [-0.3, -0.25) is 14.4 Å². The Morgan fingerprint density at radius 2 is 1.92 bits per heavy atom. The van der Waals surface area contributed by atoms with Gasteiger partial charge in [0.15, 0.2) is 0 Å². The molecule has 0 aliphatic carbocycles. The van der Waals surface area contributed by atoms with Crippen molar-refractivity contribution in [1.29, 1.82) is 0 Å². The minimum absolute atomic E-state index is 0.00737. The molecule has 1 aliphatic rings. The summed E-state index contributed by atoms with van der Waals surface area (Å²) in [6.07, 6.45) is 2.74. The summed E-state index contributed by atoms with van der Waals surface area (Å²) in [7, 11) is 1.74. The molecule has 0 aromatic heterocycles. The van der Waals surface area contributed by atoms with Gasteiger partial charge in [-0.25, -0.2) is 0 Å². The van der Waals surface area contributed by atoms with Crippen molar-refractivity contribution < 1.29 is 19.1 Å². The van der Waals surface area contributed by atoms with Gasteiger partial charge in [0, 0.05) is 38.7 Å². The van der Waals surface area contributed by atoms with Crippen molar-refractivity contribution in [3.05, 3.63) is 30.3 Å². The van der Waals surface area contributed by atoms with E-state index in [9.17, 15) is 14.4 Å². The van der Waals surface area contributed by atoms with Crippen LogP contribution in [0.25, 0.3) is 0 Å². The number of hydrogen-bond acceptors (Lipinski definition) is 4. The molecule has 6 nitrogen and oxygen atoms in total.